The lowest BCUT2D eigenvalue weighted by Gasteiger charge is -2.15. The van der Waals surface area contributed by atoms with Crippen molar-refractivity contribution in [2.45, 2.75) is 19.8 Å². The van der Waals surface area contributed by atoms with Crippen molar-refractivity contribution in [2.24, 2.45) is 0 Å². The molecule has 1 aliphatic rings. The van der Waals surface area contributed by atoms with Gasteiger partial charge in [0.15, 0.2) is 0 Å². The number of hydrogen-bond donors (Lipinski definition) is 1. The number of benzene rings is 2. The van der Waals surface area contributed by atoms with Gasteiger partial charge in [0, 0.05) is 24.2 Å². The Morgan fingerprint density at radius 2 is 1.93 bits per heavy atom. The van der Waals surface area contributed by atoms with Crippen LogP contribution in [0.3, 0.4) is 0 Å². The van der Waals surface area contributed by atoms with Crippen LogP contribution < -0.4 is 10.1 Å². The second-order valence-electron chi connectivity index (χ2n) is 6.38. The van der Waals surface area contributed by atoms with Crippen LogP contribution in [0.15, 0.2) is 53.4 Å². The Balaban J connectivity index is 1.64. The van der Waals surface area contributed by atoms with Crippen molar-refractivity contribution in [3.05, 3.63) is 64.6 Å². The molecule has 0 atom stereocenters. The Hall–Kier alpha value is -2.64. The summed E-state index contributed by atoms with van der Waals surface area (Å²) in [5, 5.41) is 2.92. The molecule has 29 heavy (non-hydrogen) atoms. The van der Waals surface area contributed by atoms with Crippen molar-refractivity contribution in [1.82, 2.24) is 4.90 Å². The number of nitrogens with zero attached hydrogens (tertiary/aromatic N) is 1. The fraction of sp³-hybridized carbons (Fsp3) is 0.227. The van der Waals surface area contributed by atoms with Crippen molar-refractivity contribution in [3.8, 4) is 5.75 Å². The van der Waals surface area contributed by atoms with Crippen molar-refractivity contribution < 1.29 is 14.3 Å². The molecule has 1 saturated heterocycles. The molecule has 0 aliphatic carbocycles. The number of rotatable bonds is 7. The molecule has 150 valence electrons. The fourth-order valence-electron chi connectivity index (χ4n) is 3.00. The first kappa shape index (κ1) is 21.1. The first-order valence-corrected chi connectivity index (χ1v) is 10.5. The highest BCUT2D eigenvalue weighted by molar-refractivity contribution is 8.26. The van der Waals surface area contributed by atoms with Gasteiger partial charge in [0.2, 0.25) is 5.91 Å². The van der Waals surface area contributed by atoms with Gasteiger partial charge in [-0.25, -0.2) is 0 Å². The van der Waals surface area contributed by atoms with Gasteiger partial charge in [-0.1, -0.05) is 67.3 Å². The largest absolute Gasteiger partial charge is 0.496 e. The average molecular weight is 427 g/mol. The highest BCUT2D eigenvalue weighted by atomic mass is 32.2. The summed E-state index contributed by atoms with van der Waals surface area (Å²) in [6, 6.07) is 15.2. The smallest absolute Gasteiger partial charge is 0.266 e. The van der Waals surface area contributed by atoms with Gasteiger partial charge in [-0.2, -0.15) is 0 Å². The molecule has 2 amide bonds. The quantitative estimate of drug-likeness (QED) is 0.522. The van der Waals surface area contributed by atoms with Gasteiger partial charge in [0.05, 0.1) is 12.0 Å². The zero-order valence-electron chi connectivity index (χ0n) is 16.3. The molecule has 3 rings (SSSR count). The Labute approximate surface area is 180 Å². The number of ether oxygens (including phenoxy) is 1. The highest BCUT2D eigenvalue weighted by Gasteiger charge is 2.32. The second kappa shape index (κ2) is 9.71. The van der Waals surface area contributed by atoms with E-state index in [0.717, 1.165) is 23.2 Å². The van der Waals surface area contributed by atoms with E-state index in [2.05, 4.69) is 5.32 Å². The number of nitrogens with one attached hydrogen (secondary N) is 1. The number of amides is 2. The monoisotopic (exact) mass is 426 g/mol. The first-order valence-electron chi connectivity index (χ1n) is 9.29. The van der Waals surface area contributed by atoms with Gasteiger partial charge < -0.3 is 10.1 Å². The molecule has 1 heterocycles. The first-order chi connectivity index (χ1) is 14.0. The van der Waals surface area contributed by atoms with E-state index in [1.807, 2.05) is 55.5 Å². The number of methoxy groups -OCH3 is 1. The average Bonchev–Trinajstić information content (AvgIpc) is 3.00. The summed E-state index contributed by atoms with van der Waals surface area (Å²) >= 11 is 6.60. The lowest BCUT2D eigenvalue weighted by atomic mass is 10.1. The topological polar surface area (TPSA) is 58.6 Å². The SMILES string of the molecule is CCc1ccccc1NC(=O)CCN1C(=O)/C(=C/c2ccccc2OC)SC1=S. The van der Waals surface area contributed by atoms with Crippen LogP contribution in [0.5, 0.6) is 5.75 Å². The van der Waals surface area contributed by atoms with Gasteiger partial charge in [-0.05, 0) is 30.2 Å². The second-order valence-corrected chi connectivity index (χ2v) is 8.06. The maximum atomic E-state index is 12.8. The number of aryl methyl sites for hydroxylation is 1. The maximum absolute atomic E-state index is 12.8. The predicted molar refractivity (Wildman–Crippen MR) is 122 cm³/mol. The number of hydrogen-bond acceptors (Lipinski definition) is 5. The number of carbonyl (C=O) groups is 2. The lowest BCUT2D eigenvalue weighted by molar-refractivity contribution is -0.122. The van der Waals surface area contributed by atoms with Crippen LogP contribution in [0.1, 0.15) is 24.5 Å². The van der Waals surface area contributed by atoms with Gasteiger partial charge in [-0.15, -0.1) is 0 Å². The van der Waals surface area contributed by atoms with Gasteiger partial charge in [-0.3, -0.25) is 14.5 Å². The molecule has 0 aromatic heterocycles. The minimum absolute atomic E-state index is 0.145. The normalized spacial score (nSPS) is 15.1. The molecule has 1 N–H and O–H groups in total. The van der Waals surface area contributed by atoms with Crippen molar-refractivity contribution in [1.29, 1.82) is 0 Å². The van der Waals surface area contributed by atoms with Gasteiger partial charge >= 0.3 is 0 Å². The minimum atomic E-state index is -0.187. The molecule has 0 bridgehead atoms. The fourth-order valence-corrected chi connectivity index (χ4v) is 4.30. The van der Waals surface area contributed by atoms with Crippen molar-refractivity contribution in [3.63, 3.8) is 0 Å². The molecule has 7 heteroatoms. The number of anilines is 1. The van der Waals surface area contributed by atoms with E-state index < -0.39 is 0 Å². The summed E-state index contributed by atoms with van der Waals surface area (Å²) in [5.74, 6) is 0.355. The Morgan fingerprint density at radius 3 is 2.69 bits per heavy atom. The molecule has 1 fully saturated rings. The van der Waals surface area contributed by atoms with E-state index in [4.69, 9.17) is 17.0 Å². The number of thioether (sulfide) groups is 1. The van der Waals surface area contributed by atoms with E-state index in [9.17, 15) is 9.59 Å². The van der Waals surface area contributed by atoms with Crippen LogP contribution in [0.25, 0.3) is 6.08 Å². The summed E-state index contributed by atoms with van der Waals surface area (Å²) in [4.78, 5) is 27.1. The molecule has 0 saturated carbocycles. The molecular weight excluding hydrogens is 404 g/mol. The van der Waals surface area contributed by atoms with E-state index >= 15 is 0 Å². The summed E-state index contributed by atoms with van der Waals surface area (Å²) in [6.07, 6.45) is 2.78. The van der Waals surface area contributed by atoms with Crippen LogP contribution in [0.2, 0.25) is 0 Å². The van der Waals surface area contributed by atoms with Crippen LogP contribution in [-0.4, -0.2) is 34.7 Å². The van der Waals surface area contributed by atoms with Crippen LogP contribution in [-0.2, 0) is 16.0 Å². The molecule has 0 spiro atoms. The molecule has 0 unspecified atom stereocenters. The number of para-hydroxylation sites is 2. The number of thiocarbonyl (C=S) groups is 1. The Kier molecular flexibility index (Phi) is 7.06. The van der Waals surface area contributed by atoms with Crippen molar-refractivity contribution in [2.75, 3.05) is 19.0 Å². The van der Waals surface area contributed by atoms with E-state index in [1.165, 1.54) is 16.7 Å². The van der Waals surface area contributed by atoms with E-state index in [0.29, 0.717) is 15.0 Å². The molecule has 5 nitrogen and oxygen atoms in total. The standard InChI is InChI=1S/C22H22N2O3S2/c1-3-15-8-4-6-10-17(15)23-20(25)12-13-24-21(26)19(29-22(24)28)14-16-9-5-7-11-18(16)27-2/h4-11,14H,3,12-13H2,1-2H3,(H,23,25)/b19-14-. The molecular formula is C22H22N2O3S2. The van der Waals surface area contributed by atoms with Crippen LogP contribution in [0, 0.1) is 0 Å². The van der Waals surface area contributed by atoms with Crippen LogP contribution in [0.4, 0.5) is 5.69 Å². The minimum Gasteiger partial charge on any atom is -0.496 e. The van der Waals surface area contributed by atoms with E-state index in [1.54, 1.807) is 13.2 Å². The summed E-state index contributed by atoms with van der Waals surface area (Å²) in [7, 11) is 1.59. The zero-order valence-corrected chi connectivity index (χ0v) is 17.9. The predicted octanol–water partition coefficient (Wildman–Crippen LogP) is 4.49. The third kappa shape index (κ3) is 5.05. The Bertz CT molecular complexity index is 972. The summed E-state index contributed by atoms with van der Waals surface area (Å²) in [5.41, 5.74) is 2.69. The summed E-state index contributed by atoms with van der Waals surface area (Å²) < 4.78 is 5.79. The number of carbonyl (C=O) groups excluding carboxylic acids is 2. The van der Waals surface area contributed by atoms with Gasteiger partial charge in [0.25, 0.3) is 5.91 Å². The van der Waals surface area contributed by atoms with Crippen LogP contribution >= 0.6 is 24.0 Å². The summed E-state index contributed by atoms with van der Waals surface area (Å²) in [6.45, 7) is 2.28. The third-order valence-electron chi connectivity index (χ3n) is 4.53. The van der Waals surface area contributed by atoms with Gasteiger partial charge in [0.1, 0.15) is 10.1 Å². The molecule has 2 aromatic rings. The van der Waals surface area contributed by atoms with Crippen molar-refractivity contribution >= 4 is 51.9 Å². The maximum Gasteiger partial charge on any atom is 0.266 e. The third-order valence-corrected chi connectivity index (χ3v) is 5.91. The Morgan fingerprint density at radius 1 is 1.21 bits per heavy atom. The highest BCUT2D eigenvalue weighted by Crippen LogP contribution is 2.34. The molecule has 2 aromatic carbocycles. The van der Waals surface area contributed by atoms with E-state index in [-0.39, 0.29) is 24.8 Å². The molecule has 1 aliphatic heterocycles. The molecule has 0 radical (unpaired) electrons. The zero-order chi connectivity index (χ0) is 20.8. The lowest BCUT2D eigenvalue weighted by Crippen LogP contribution is -2.31.